The fraction of sp³-hybridized carbons (Fsp3) is 0.471. The number of urea groups is 1. The highest BCUT2D eigenvalue weighted by atomic mass is 32.1. The van der Waals surface area contributed by atoms with Crippen LogP contribution in [0.1, 0.15) is 41.9 Å². The quantitative estimate of drug-likeness (QED) is 0.408. The predicted octanol–water partition coefficient (Wildman–Crippen LogP) is 1.76. The van der Waals surface area contributed by atoms with Gasteiger partial charge in [0.15, 0.2) is 0 Å². The van der Waals surface area contributed by atoms with Gasteiger partial charge >= 0.3 is 23.8 Å². The summed E-state index contributed by atoms with van der Waals surface area (Å²) in [6.45, 7) is 5.10. The molecular formula is C17H21N3O6S. The highest BCUT2D eigenvalue weighted by molar-refractivity contribution is 7.18. The molecule has 1 saturated heterocycles. The summed E-state index contributed by atoms with van der Waals surface area (Å²) in [5.74, 6) is -3.06. The number of anilines is 1. The van der Waals surface area contributed by atoms with Gasteiger partial charge in [0.1, 0.15) is 11.4 Å². The van der Waals surface area contributed by atoms with E-state index in [4.69, 9.17) is 4.74 Å². The van der Waals surface area contributed by atoms with Gasteiger partial charge in [0, 0.05) is 6.54 Å². The van der Waals surface area contributed by atoms with Crippen LogP contribution in [-0.4, -0.2) is 59.2 Å². The van der Waals surface area contributed by atoms with Crippen LogP contribution in [0.3, 0.4) is 0 Å². The first-order chi connectivity index (χ1) is 12.8. The van der Waals surface area contributed by atoms with E-state index in [0.29, 0.717) is 26.8 Å². The molecule has 9 nitrogen and oxygen atoms in total. The van der Waals surface area contributed by atoms with Crippen LogP contribution in [0.25, 0.3) is 0 Å². The van der Waals surface area contributed by atoms with Crippen molar-refractivity contribution in [2.75, 3.05) is 25.0 Å². The third-order valence-corrected chi connectivity index (χ3v) is 4.95. The molecule has 27 heavy (non-hydrogen) atoms. The number of unbranched alkanes of at least 4 members (excludes halogenated alkanes) is 1. The number of rotatable bonds is 8. The Morgan fingerprint density at radius 1 is 1.15 bits per heavy atom. The number of carbonyl (C=O) groups excluding carboxylic acids is 5. The molecule has 1 aromatic rings. The van der Waals surface area contributed by atoms with Gasteiger partial charge in [0.05, 0.1) is 11.6 Å². The Bertz CT molecular complexity index is 788. The fourth-order valence-electron chi connectivity index (χ4n) is 2.47. The molecule has 0 aliphatic carbocycles. The summed E-state index contributed by atoms with van der Waals surface area (Å²) in [6.07, 6.45) is 1.34. The maximum Gasteiger partial charge on any atom is 0.348 e. The van der Waals surface area contributed by atoms with E-state index >= 15 is 0 Å². The topological polar surface area (TPSA) is 113 Å². The Labute approximate surface area is 160 Å². The third-order valence-electron chi connectivity index (χ3n) is 3.81. The summed E-state index contributed by atoms with van der Waals surface area (Å²) in [6, 6.07) is 0.810. The van der Waals surface area contributed by atoms with Crippen molar-refractivity contribution in [2.45, 2.75) is 33.6 Å². The average Bonchev–Trinajstić information content (AvgIpc) is 3.07. The summed E-state index contributed by atoms with van der Waals surface area (Å²) in [5.41, 5.74) is 0.642. The number of ether oxygens (including phenoxy) is 1. The zero-order valence-corrected chi connectivity index (χ0v) is 16.2. The largest absolute Gasteiger partial charge is 0.462 e. The molecule has 0 atom stereocenters. The molecule has 0 spiro atoms. The minimum atomic E-state index is -1.01. The number of hydrogen-bond acceptors (Lipinski definition) is 7. The Balaban J connectivity index is 2.02. The van der Waals surface area contributed by atoms with Crippen molar-refractivity contribution in [1.82, 2.24) is 9.80 Å². The van der Waals surface area contributed by atoms with Crippen LogP contribution in [0.4, 0.5) is 9.80 Å². The van der Waals surface area contributed by atoms with E-state index in [1.54, 1.807) is 19.9 Å². The number of aryl methyl sites for hydroxylation is 1. The molecule has 146 valence electrons. The lowest BCUT2D eigenvalue weighted by molar-refractivity contribution is -0.143. The summed E-state index contributed by atoms with van der Waals surface area (Å²) in [7, 11) is 0. The number of esters is 1. The molecule has 5 amide bonds. The van der Waals surface area contributed by atoms with Crippen molar-refractivity contribution < 1.29 is 28.7 Å². The van der Waals surface area contributed by atoms with Crippen LogP contribution in [0.15, 0.2) is 6.07 Å². The van der Waals surface area contributed by atoms with Crippen LogP contribution >= 0.6 is 11.3 Å². The highest BCUT2D eigenvalue weighted by Crippen LogP contribution is 2.27. The smallest absolute Gasteiger partial charge is 0.348 e. The molecule has 0 bridgehead atoms. The van der Waals surface area contributed by atoms with E-state index < -0.39 is 36.3 Å². The first-order valence-corrected chi connectivity index (χ1v) is 9.36. The molecule has 0 saturated carbocycles. The van der Waals surface area contributed by atoms with Crippen molar-refractivity contribution >= 4 is 46.1 Å². The van der Waals surface area contributed by atoms with Gasteiger partial charge in [0.2, 0.25) is 5.91 Å². The number of hydrogen-bond donors (Lipinski definition) is 1. The SMILES string of the molecule is CCCCN1C(=O)C(=O)N(CC(=O)Nc2cc(C)c(C(=O)OCC)s2)C1=O. The van der Waals surface area contributed by atoms with Gasteiger partial charge in [-0.2, -0.15) is 0 Å². The van der Waals surface area contributed by atoms with Gasteiger partial charge in [-0.15, -0.1) is 11.3 Å². The monoisotopic (exact) mass is 395 g/mol. The van der Waals surface area contributed by atoms with Gasteiger partial charge < -0.3 is 10.1 Å². The maximum atomic E-state index is 12.2. The zero-order valence-electron chi connectivity index (χ0n) is 15.4. The molecule has 1 N–H and O–H groups in total. The van der Waals surface area contributed by atoms with Gasteiger partial charge in [-0.3, -0.25) is 19.3 Å². The van der Waals surface area contributed by atoms with Crippen LogP contribution in [0, 0.1) is 6.92 Å². The summed E-state index contributed by atoms with van der Waals surface area (Å²) >= 11 is 1.04. The second-order valence-electron chi connectivity index (χ2n) is 5.88. The lowest BCUT2D eigenvalue weighted by atomic mass is 10.3. The standard InChI is InChI=1S/C17H21N3O6S/c1-4-6-7-19-14(22)15(23)20(17(19)25)9-11(21)18-12-8-10(3)13(27-12)16(24)26-5-2/h8H,4-7,9H2,1-3H3,(H,18,21). The lowest BCUT2D eigenvalue weighted by Crippen LogP contribution is -2.39. The molecule has 2 heterocycles. The number of nitrogens with one attached hydrogen (secondary N) is 1. The van der Waals surface area contributed by atoms with Crippen LogP contribution in [-0.2, 0) is 19.1 Å². The second-order valence-corrected chi connectivity index (χ2v) is 6.93. The van der Waals surface area contributed by atoms with Gasteiger partial charge in [-0.05, 0) is 31.9 Å². The molecule has 0 aromatic carbocycles. The summed E-state index contributed by atoms with van der Waals surface area (Å²) < 4.78 is 4.94. The van der Waals surface area contributed by atoms with E-state index in [2.05, 4.69) is 5.32 Å². The van der Waals surface area contributed by atoms with Crippen molar-refractivity contribution in [3.05, 3.63) is 16.5 Å². The third kappa shape index (κ3) is 4.51. The molecular weight excluding hydrogens is 374 g/mol. The van der Waals surface area contributed by atoms with Crippen molar-refractivity contribution in [3.63, 3.8) is 0 Å². The van der Waals surface area contributed by atoms with Crippen LogP contribution in [0.5, 0.6) is 0 Å². The Morgan fingerprint density at radius 3 is 2.44 bits per heavy atom. The predicted molar refractivity (Wildman–Crippen MR) is 97.4 cm³/mol. The second kappa shape index (κ2) is 8.76. The number of imide groups is 2. The zero-order chi connectivity index (χ0) is 20.1. The van der Waals surface area contributed by atoms with Gasteiger partial charge in [-0.1, -0.05) is 13.3 Å². The maximum absolute atomic E-state index is 12.2. The molecule has 1 aromatic heterocycles. The number of thiophene rings is 1. The summed E-state index contributed by atoms with van der Waals surface area (Å²) in [5, 5.41) is 2.92. The number of carbonyl (C=O) groups is 5. The molecule has 0 radical (unpaired) electrons. The fourth-order valence-corrected chi connectivity index (χ4v) is 3.45. The van der Waals surface area contributed by atoms with Crippen molar-refractivity contribution in [1.29, 1.82) is 0 Å². The lowest BCUT2D eigenvalue weighted by Gasteiger charge is -2.14. The number of amides is 5. The van der Waals surface area contributed by atoms with Crippen molar-refractivity contribution in [2.24, 2.45) is 0 Å². The Hall–Kier alpha value is -2.75. The first kappa shape index (κ1) is 20.6. The van der Waals surface area contributed by atoms with Crippen LogP contribution in [0.2, 0.25) is 0 Å². The Morgan fingerprint density at radius 2 is 1.81 bits per heavy atom. The molecule has 1 aliphatic rings. The molecule has 2 rings (SSSR count). The molecule has 1 aliphatic heterocycles. The number of nitrogens with zero attached hydrogens (tertiary/aromatic N) is 2. The molecule has 10 heteroatoms. The minimum absolute atomic E-state index is 0.144. The van der Waals surface area contributed by atoms with E-state index in [1.807, 2.05) is 6.92 Å². The van der Waals surface area contributed by atoms with Gasteiger partial charge in [-0.25, -0.2) is 14.5 Å². The van der Waals surface area contributed by atoms with Crippen molar-refractivity contribution in [3.8, 4) is 0 Å². The first-order valence-electron chi connectivity index (χ1n) is 8.54. The van der Waals surface area contributed by atoms with Gasteiger partial charge in [0.25, 0.3) is 0 Å². The summed E-state index contributed by atoms with van der Waals surface area (Å²) in [4.78, 5) is 61.9. The normalized spacial score (nSPS) is 14.1. The van der Waals surface area contributed by atoms with E-state index in [-0.39, 0.29) is 13.2 Å². The van der Waals surface area contributed by atoms with E-state index in [1.165, 1.54) is 0 Å². The van der Waals surface area contributed by atoms with Crippen LogP contribution < -0.4 is 5.32 Å². The Kier molecular flexibility index (Phi) is 6.67. The van der Waals surface area contributed by atoms with E-state index in [0.717, 1.165) is 22.7 Å². The van der Waals surface area contributed by atoms with E-state index in [9.17, 15) is 24.0 Å². The molecule has 0 unspecified atom stereocenters. The average molecular weight is 395 g/mol. The molecule has 1 fully saturated rings. The highest BCUT2D eigenvalue weighted by Gasteiger charge is 2.44. The minimum Gasteiger partial charge on any atom is -0.462 e.